The van der Waals surface area contributed by atoms with Crippen LogP contribution in [0, 0.1) is 10.1 Å². The van der Waals surface area contributed by atoms with E-state index in [-0.39, 0.29) is 11.4 Å². The summed E-state index contributed by atoms with van der Waals surface area (Å²) in [5, 5.41) is 13.6. The molecule has 0 saturated heterocycles. The average molecular weight is 351 g/mol. The zero-order valence-corrected chi connectivity index (χ0v) is 12.6. The van der Waals surface area contributed by atoms with E-state index in [1.54, 1.807) is 30.3 Å². The number of benzene rings is 2. The van der Waals surface area contributed by atoms with Crippen LogP contribution in [0.15, 0.2) is 46.9 Å². The van der Waals surface area contributed by atoms with Gasteiger partial charge in [0, 0.05) is 4.47 Å². The Bertz CT molecular complexity index is 703. The van der Waals surface area contributed by atoms with Crippen LogP contribution >= 0.6 is 15.9 Å². The molecule has 6 nitrogen and oxygen atoms in total. The Morgan fingerprint density at radius 2 is 2.00 bits per heavy atom. The predicted octanol–water partition coefficient (Wildman–Crippen LogP) is 3.62. The first-order valence-corrected chi connectivity index (χ1v) is 6.70. The van der Waals surface area contributed by atoms with E-state index in [0.717, 1.165) is 0 Å². The van der Waals surface area contributed by atoms with Crippen LogP contribution in [-0.4, -0.2) is 17.9 Å². The Kier molecular flexibility index (Phi) is 4.54. The van der Waals surface area contributed by atoms with Crippen LogP contribution in [0.5, 0.6) is 5.75 Å². The van der Waals surface area contributed by atoms with E-state index in [1.165, 1.54) is 19.2 Å². The van der Waals surface area contributed by atoms with Gasteiger partial charge in [-0.05, 0) is 40.2 Å². The maximum Gasteiger partial charge on any atom is 0.296 e. The highest BCUT2D eigenvalue weighted by molar-refractivity contribution is 9.10. The third-order valence-corrected chi connectivity index (χ3v) is 3.46. The second-order valence-electron chi connectivity index (χ2n) is 4.07. The molecule has 0 heterocycles. The first-order valence-electron chi connectivity index (χ1n) is 5.91. The molecular formula is C14H11BrN2O4. The molecule has 0 aliphatic rings. The van der Waals surface area contributed by atoms with Crippen molar-refractivity contribution in [2.45, 2.75) is 0 Å². The highest BCUT2D eigenvalue weighted by Gasteiger charge is 2.18. The Morgan fingerprint density at radius 1 is 1.29 bits per heavy atom. The van der Waals surface area contributed by atoms with Gasteiger partial charge in [0.15, 0.2) is 0 Å². The van der Waals surface area contributed by atoms with Crippen LogP contribution in [0.1, 0.15) is 10.4 Å². The van der Waals surface area contributed by atoms with Crippen molar-refractivity contribution in [2.24, 2.45) is 0 Å². The minimum absolute atomic E-state index is 0.113. The molecule has 0 saturated carbocycles. The van der Waals surface area contributed by atoms with Crippen molar-refractivity contribution in [3.05, 3.63) is 62.6 Å². The molecule has 0 atom stereocenters. The number of rotatable bonds is 4. The largest absolute Gasteiger partial charge is 0.496 e. The van der Waals surface area contributed by atoms with E-state index in [1.807, 2.05) is 0 Å². The fraction of sp³-hybridized carbons (Fsp3) is 0.0714. The van der Waals surface area contributed by atoms with Gasteiger partial charge in [0.1, 0.15) is 11.4 Å². The zero-order valence-electron chi connectivity index (χ0n) is 11.0. The average Bonchev–Trinajstić information content (AvgIpc) is 2.47. The number of ether oxygens (including phenoxy) is 1. The Balaban J connectivity index is 2.33. The van der Waals surface area contributed by atoms with Crippen LogP contribution in [0.3, 0.4) is 0 Å². The molecule has 0 bridgehead atoms. The second-order valence-corrected chi connectivity index (χ2v) is 4.93. The van der Waals surface area contributed by atoms with Gasteiger partial charge in [-0.2, -0.15) is 0 Å². The normalized spacial score (nSPS) is 10.0. The number of amides is 1. The molecule has 1 N–H and O–H groups in total. The van der Waals surface area contributed by atoms with Crippen molar-refractivity contribution in [3.8, 4) is 5.75 Å². The van der Waals surface area contributed by atoms with Crippen LogP contribution in [0.25, 0.3) is 0 Å². The van der Waals surface area contributed by atoms with Gasteiger partial charge in [0.05, 0.1) is 23.7 Å². The number of nitrogens with zero attached hydrogens (tertiary/aromatic N) is 1. The Labute approximate surface area is 129 Å². The van der Waals surface area contributed by atoms with Crippen molar-refractivity contribution in [3.63, 3.8) is 0 Å². The summed E-state index contributed by atoms with van der Waals surface area (Å²) < 4.78 is 5.55. The number of methoxy groups -OCH3 is 1. The summed E-state index contributed by atoms with van der Waals surface area (Å²) in [6, 6.07) is 11.1. The smallest absolute Gasteiger partial charge is 0.296 e. The van der Waals surface area contributed by atoms with Gasteiger partial charge < -0.3 is 10.1 Å². The van der Waals surface area contributed by atoms with Crippen molar-refractivity contribution < 1.29 is 14.5 Å². The molecule has 7 heteroatoms. The number of hydrogen-bond donors (Lipinski definition) is 1. The van der Waals surface area contributed by atoms with E-state index in [4.69, 9.17) is 4.74 Å². The molecule has 0 fully saturated rings. The van der Waals surface area contributed by atoms with E-state index in [0.29, 0.717) is 15.8 Å². The van der Waals surface area contributed by atoms with Gasteiger partial charge in [-0.15, -0.1) is 0 Å². The maximum absolute atomic E-state index is 12.2. The molecule has 0 aromatic heterocycles. The number of halogens is 1. The number of nitro benzene ring substituents is 1. The van der Waals surface area contributed by atoms with Gasteiger partial charge >= 0.3 is 0 Å². The van der Waals surface area contributed by atoms with E-state index in [9.17, 15) is 14.9 Å². The van der Waals surface area contributed by atoms with Crippen LogP contribution < -0.4 is 10.1 Å². The molecule has 0 aliphatic carbocycles. The van der Waals surface area contributed by atoms with Crippen molar-refractivity contribution in [1.29, 1.82) is 0 Å². The van der Waals surface area contributed by atoms with Crippen molar-refractivity contribution in [1.82, 2.24) is 0 Å². The van der Waals surface area contributed by atoms with Gasteiger partial charge in [-0.1, -0.05) is 12.1 Å². The standard InChI is InChI=1S/C14H11BrN2O4/c1-21-9-6-7-12(13(8-9)17(19)20)16-14(18)10-4-2-3-5-11(10)15/h2-8H,1H3,(H,16,18). The van der Waals surface area contributed by atoms with E-state index < -0.39 is 10.8 Å². The molecule has 2 rings (SSSR count). The molecule has 0 aliphatic heterocycles. The Morgan fingerprint density at radius 3 is 2.62 bits per heavy atom. The topological polar surface area (TPSA) is 81.5 Å². The number of nitrogens with one attached hydrogen (secondary N) is 1. The first-order chi connectivity index (χ1) is 10.0. The molecule has 2 aromatic rings. The molecule has 108 valence electrons. The summed E-state index contributed by atoms with van der Waals surface area (Å²) in [6.45, 7) is 0. The predicted molar refractivity (Wildman–Crippen MR) is 81.7 cm³/mol. The van der Waals surface area contributed by atoms with E-state index in [2.05, 4.69) is 21.2 Å². The molecule has 0 radical (unpaired) electrons. The minimum atomic E-state index is -0.571. The zero-order chi connectivity index (χ0) is 15.4. The lowest BCUT2D eigenvalue weighted by atomic mass is 10.2. The molecule has 0 spiro atoms. The molecule has 2 aromatic carbocycles. The fourth-order valence-electron chi connectivity index (χ4n) is 1.73. The summed E-state index contributed by atoms with van der Waals surface area (Å²) in [5.41, 5.74) is 0.277. The molecule has 1 amide bonds. The highest BCUT2D eigenvalue weighted by atomic mass is 79.9. The highest BCUT2D eigenvalue weighted by Crippen LogP contribution is 2.29. The number of carbonyl (C=O) groups is 1. The summed E-state index contributed by atoms with van der Waals surface area (Å²) >= 11 is 3.27. The number of carbonyl (C=O) groups excluding carboxylic acids is 1. The summed E-state index contributed by atoms with van der Waals surface area (Å²) in [4.78, 5) is 22.7. The molecule has 0 unspecified atom stereocenters. The van der Waals surface area contributed by atoms with E-state index >= 15 is 0 Å². The van der Waals surface area contributed by atoms with Gasteiger partial charge in [-0.3, -0.25) is 14.9 Å². The quantitative estimate of drug-likeness (QED) is 0.674. The Hall–Kier alpha value is -2.41. The number of hydrogen-bond acceptors (Lipinski definition) is 4. The maximum atomic E-state index is 12.2. The van der Waals surface area contributed by atoms with Crippen LogP contribution in [-0.2, 0) is 0 Å². The number of nitro groups is 1. The fourth-order valence-corrected chi connectivity index (χ4v) is 2.20. The molecule has 21 heavy (non-hydrogen) atoms. The van der Waals surface area contributed by atoms with Crippen LogP contribution in [0.4, 0.5) is 11.4 Å². The monoisotopic (exact) mass is 350 g/mol. The summed E-state index contributed by atoms with van der Waals surface area (Å²) in [7, 11) is 1.42. The van der Waals surface area contributed by atoms with Gasteiger partial charge in [-0.25, -0.2) is 0 Å². The number of anilines is 1. The molecular weight excluding hydrogens is 340 g/mol. The third-order valence-electron chi connectivity index (χ3n) is 2.77. The first kappa shape index (κ1) is 15.0. The lowest BCUT2D eigenvalue weighted by Gasteiger charge is -2.08. The lowest BCUT2D eigenvalue weighted by molar-refractivity contribution is -0.384. The SMILES string of the molecule is COc1ccc(NC(=O)c2ccccc2Br)c([N+](=O)[O-])c1. The van der Waals surface area contributed by atoms with Gasteiger partial charge in [0.25, 0.3) is 11.6 Å². The second kappa shape index (κ2) is 6.36. The minimum Gasteiger partial charge on any atom is -0.496 e. The lowest BCUT2D eigenvalue weighted by Crippen LogP contribution is -2.13. The van der Waals surface area contributed by atoms with Crippen molar-refractivity contribution >= 4 is 33.2 Å². The summed E-state index contributed by atoms with van der Waals surface area (Å²) in [6.07, 6.45) is 0. The third kappa shape index (κ3) is 3.38. The summed E-state index contributed by atoms with van der Waals surface area (Å²) in [5.74, 6) is -0.0867. The van der Waals surface area contributed by atoms with Gasteiger partial charge in [0.2, 0.25) is 0 Å². The van der Waals surface area contributed by atoms with Crippen molar-refractivity contribution in [2.75, 3.05) is 12.4 Å². The van der Waals surface area contributed by atoms with Crippen LogP contribution in [0.2, 0.25) is 0 Å².